The molecule has 0 aliphatic rings. The summed E-state index contributed by atoms with van der Waals surface area (Å²) in [5.41, 5.74) is -0.535. The first-order valence-electron chi connectivity index (χ1n) is 11.1. The van der Waals surface area contributed by atoms with Gasteiger partial charge in [-0.25, -0.2) is 9.79 Å². The number of hydrogen-bond acceptors (Lipinski definition) is 5. The van der Waals surface area contributed by atoms with Gasteiger partial charge in [-0.2, -0.15) is 0 Å². The summed E-state index contributed by atoms with van der Waals surface area (Å²) in [5, 5.41) is 6.28. The summed E-state index contributed by atoms with van der Waals surface area (Å²) in [7, 11) is 5.36. The van der Waals surface area contributed by atoms with Gasteiger partial charge >= 0.3 is 6.09 Å². The average Bonchev–Trinajstić information content (AvgIpc) is 2.64. The predicted molar refractivity (Wildman–Crippen MR) is 125 cm³/mol. The zero-order valence-corrected chi connectivity index (χ0v) is 21.1. The molecule has 0 heterocycles. The molecule has 2 N–H and O–H groups in total. The van der Waals surface area contributed by atoms with E-state index in [-0.39, 0.29) is 24.4 Å². The second kappa shape index (κ2) is 14.9. The third-order valence-corrected chi connectivity index (χ3v) is 4.46. The molecule has 0 fully saturated rings. The van der Waals surface area contributed by atoms with Crippen LogP contribution in [0.5, 0.6) is 0 Å². The van der Waals surface area contributed by atoms with Crippen molar-refractivity contribution in [1.82, 2.24) is 20.4 Å². The number of ether oxygens (including phenoxy) is 2. The minimum absolute atomic E-state index is 0.0417. The van der Waals surface area contributed by atoms with Gasteiger partial charge in [-0.1, -0.05) is 13.8 Å². The van der Waals surface area contributed by atoms with Gasteiger partial charge in [0.1, 0.15) is 12.1 Å². The molecule has 0 aromatic rings. The lowest BCUT2D eigenvalue weighted by molar-refractivity contribution is -0.127. The molecule has 0 rings (SSSR count). The SMILES string of the molecule is CCOCCCNC(=NCC(=O)N(C)C)N(C)CCC(NC(=O)OC(C)(C)C)C(C)C. The Labute approximate surface area is 188 Å². The Morgan fingerprint density at radius 1 is 1.13 bits per heavy atom. The zero-order chi connectivity index (χ0) is 24.0. The highest BCUT2D eigenvalue weighted by Crippen LogP contribution is 2.11. The predicted octanol–water partition coefficient (Wildman–Crippen LogP) is 2.32. The Balaban J connectivity index is 4.96. The summed E-state index contributed by atoms with van der Waals surface area (Å²) in [6, 6.07) is -0.0417. The third kappa shape index (κ3) is 14.6. The van der Waals surface area contributed by atoms with Gasteiger partial charge in [0.15, 0.2) is 5.96 Å². The van der Waals surface area contributed by atoms with Gasteiger partial charge in [-0.3, -0.25) is 4.79 Å². The largest absolute Gasteiger partial charge is 0.444 e. The summed E-state index contributed by atoms with van der Waals surface area (Å²) in [5.74, 6) is 0.843. The van der Waals surface area contributed by atoms with Crippen molar-refractivity contribution >= 4 is 18.0 Å². The molecule has 0 saturated heterocycles. The zero-order valence-electron chi connectivity index (χ0n) is 21.1. The molecule has 9 nitrogen and oxygen atoms in total. The lowest BCUT2D eigenvalue weighted by Crippen LogP contribution is -2.46. The third-order valence-electron chi connectivity index (χ3n) is 4.46. The lowest BCUT2D eigenvalue weighted by atomic mass is 10.0. The summed E-state index contributed by atoms with van der Waals surface area (Å²) in [6.07, 6.45) is 1.15. The van der Waals surface area contributed by atoms with E-state index >= 15 is 0 Å². The maximum atomic E-state index is 12.2. The summed E-state index contributed by atoms with van der Waals surface area (Å²) >= 11 is 0. The highest BCUT2D eigenvalue weighted by Gasteiger charge is 2.22. The van der Waals surface area contributed by atoms with E-state index in [1.54, 1.807) is 14.1 Å². The smallest absolute Gasteiger partial charge is 0.407 e. The topological polar surface area (TPSA) is 95.5 Å². The van der Waals surface area contributed by atoms with E-state index in [0.29, 0.717) is 38.7 Å². The van der Waals surface area contributed by atoms with Crippen LogP contribution in [0.4, 0.5) is 4.79 Å². The number of nitrogens with zero attached hydrogens (tertiary/aromatic N) is 3. The maximum Gasteiger partial charge on any atom is 0.407 e. The fraction of sp³-hybridized carbons (Fsp3) is 0.864. The second-order valence-electron chi connectivity index (χ2n) is 9.11. The first kappa shape index (κ1) is 29.0. The molecule has 0 saturated carbocycles. The van der Waals surface area contributed by atoms with Crippen LogP contribution in [0.2, 0.25) is 0 Å². The van der Waals surface area contributed by atoms with E-state index in [9.17, 15) is 9.59 Å². The Bertz CT molecular complexity index is 559. The van der Waals surface area contributed by atoms with Crippen molar-refractivity contribution in [1.29, 1.82) is 0 Å². The number of amides is 2. The van der Waals surface area contributed by atoms with Crippen LogP contribution in [0, 0.1) is 5.92 Å². The van der Waals surface area contributed by atoms with Crippen LogP contribution in [0.15, 0.2) is 4.99 Å². The summed E-state index contributed by atoms with van der Waals surface area (Å²) in [6.45, 7) is 14.4. The Morgan fingerprint density at radius 3 is 2.29 bits per heavy atom. The molecule has 0 spiro atoms. The van der Waals surface area contributed by atoms with Crippen LogP contribution in [0.3, 0.4) is 0 Å². The average molecular weight is 444 g/mol. The lowest BCUT2D eigenvalue weighted by Gasteiger charge is -2.28. The molecule has 0 radical (unpaired) electrons. The number of aliphatic imine (C=N–C) groups is 1. The van der Waals surface area contributed by atoms with Gasteiger partial charge in [-0.15, -0.1) is 0 Å². The van der Waals surface area contributed by atoms with Crippen LogP contribution < -0.4 is 10.6 Å². The van der Waals surface area contributed by atoms with E-state index < -0.39 is 11.7 Å². The number of likely N-dealkylation sites (N-methyl/N-ethyl adjacent to an activating group) is 1. The molecule has 0 aromatic heterocycles. The molecule has 9 heteroatoms. The van der Waals surface area contributed by atoms with Gasteiger partial charge in [0, 0.05) is 53.5 Å². The standard InChI is InChI=1S/C22H45N5O4/c1-10-30-15-11-13-23-20(24-16-19(28)26(7)8)27(9)14-12-18(17(2)3)25-21(29)31-22(4,5)6/h17-18H,10-16H2,1-9H3,(H,23,24)(H,25,29). The van der Waals surface area contributed by atoms with E-state index in [1.807, 2.05) is 39.6 Å². The van der Waals surface area contributed by atoms with Crippen LogP contribution in [-0.4, -0.2) is 93.4 Å². The first-order valence-corrected chi connectivity index (χ1v) is 11.1. The first-order chi connectivity index (χ1) is 14.4. The molecule has 0 aliphatic heterocycles. The summed E-state index contributed by atoms with van der Waals surface area (Å²) < 4.78 is 10.8. The Hall–Kier alpha value is -2.03. The second-order valence-corrected chi connectivity index (χ2v) is 9.11. The number of carbonyl (C=O) groups excluding carboxylic acids is 2. The molecule has 1 atom stereocenters. The molecular formula is C22H45N5O4. The van der Waals surface area contributed by atoms with E-state index in [4.69, 9.17) is 9.47 Å². The number of alkyl carbamates (subject to hydrolysis) is 1. The Morgan fingerprint density at radius 2 is 1.77 bits per heavy atom. The van der Waals surface area contributed by atoms with Gasteiger partial charge in [0.25, 0.3) is 0 Å². The van der Waals surface area contributed by atoms with Crippen molar-refractivity contribution in [3.05, 3.63) is 0 Å². The van der Waals surface area contributed by atoms with Crippen molar-refractivity contribution in [2.45, 2.75) is 66.0 Å². The van der Waals surface area contributed by atoms with E-state index in [1.165, 1.54) is 4.90 Å². The highest BCUT2D eigenvalue weighted by atomic mass is 16.6. The maximum absolute atomic E-state index is 12.2. The van der Waals surface area contributed by atoms with Crippen molar-refractivity contribution < 1.29 is 19.1 Å². The van der Waals surface area contributed by atoms with E-state index in [2.05, 4.69) is 29.5 Å². The molecule has 0 aromatic carbocycles. The molecular weight excluding hydrogens is 398 g/mol. The molecule has 182 valence electrons. The van der Waals surface area contributed by atoms with Gasteiger partial charge in [0.05, 0.1) is 0 Å². The highest BCUT2D eigenvalue weighted by molar-refractivity contribution is 5.84. The monoisotopic (exact) mass is 443 g/mol. The van der Waals surface area contributed by atoms with Gasteiger partial charge in [-0.05, 0) is 46.5 Å². The quantitative estimate of drug-likeness (QED) is 0.273. The van der Waals surface area contributed by atoms with Crippen molar-refractivity contribution in [2.24, 2.45) is 10.9 Å². The number of nitrogens with one attached hydrogen (secondary N) is 2. The number of carbonyl (C=O) groups is 2. The van der Waals surface area contributed by atoms with Crippen molar-refractivity contribution in [2.75, 3.05) is 54.0 Å². The van der Waals surface area contributed by atoms with Gasteiger partial charge < -0.3 is 29.9 Å². The molecule has 0 bridgehead atoms. The molecule has 0 aliphatic carbocycles. The van der Waals surface area contributed by atoms with Crippen molar-refractivity contribution in [3.63, 3.8) is 0 Å². The number of rotatable bonds is 12. The van der Waals surface area contributed by atoms with E-state index in [0.717, 1.165) is 6.42 Å². The number of guanidine groups is 1. The van der Waals surface area contributed by atoms with Crippen LogP contribution in [-0.2, 0) is 14.3 Å². The van der Waals surface area contributed by atoms with Gasteiger partial charge in [0.2, 0.25) is 5.91 Å². The van der Waals surface area contributed by atoms with Crippen LogP contribution in [0.25, 0.3) is 0 Å². The number of hydrogen-bond donors (Lipinski definition) is 2. The Kier molecular flexibility index (Phi) is 13.9. The van der Waals surface area contributed by atoms with Crippen LogP contribution >= 0.6 is 0 Å². The summed E-state index contributed by atoms with van der Waals surface area (Å²) in [4.78, 5) is 32.1. The van der Waals surface area contributed by atoms with Crippen LogP contribution in [0.1, 0.15) is 54.4 Å². The fourth-order valence-electron chi connectivity index (χ4n) is 2.58. The molecule has 31 heavy (non-hydrogen) atoms. The minimum Gasteiger partial charge on any atom is -0.444 e. The molecule has 2 amide bonds. The minimum atomic E-state index is -0.535. The molecule has 1 unspecified atom stereocenters. The fourth-order valence-corrected chi connectivity index (χ4v) is 2.58. The normalized spacial score (nSPS) is 13.0. The van der Waals surface area contributed by atoms with Crippen molar-refractivity contribution in [3.8, 4) is 0 Å².